The van der Waals surface area contributed by atoms with Crippen molar-refractivity contribution in [2.45, 2.75) is 161 Å². The lowest BCUT2D eigenvalue weighted by atomic mass is 10.1. The van der Waals surface area contributed by atoms with Crippen LogP contribution in [0.2, 0.25) is 0 Å². The molecule has 2 atom stereocenters. The first-order chi connectivity index (χ1) is 19.8. The van der Waals surface area contributed by atoms with Gasteiger partial charge in [0.15, 0.2) is 6.10 Å². The quantitative estimate of drug-likeness (QED) is 0.0374. The molecule has 0 aromatic carbocycles. The van der Waals surface area contributed by atoms with Gasteiger partial charge in [-0.1, -0.05) is 122 Å². The highest BCUT2D eigenvalue weighted by molar-refractivity contribution is 7.47. The lowest BCUT2D eigenvalue weighted by molar-refractivity contribution is -0.161. The minimum Gasteiger partial charge on any atom is -0.462 e. The second kappa shape index (κ2) is 28.9. The third-order valence-corrected chi connectivity index (χ3v) is 7.95. The lowest BCUT2D eigenvalue weighted by Crippen LogP contribution is -2.29. The topological polar surface area (TPSA) is 108 Å². The fourth-order valence-electron chi connectivity index (χ4n) is 4.40. The third kappa shape index (κ3) is 28.7. The van der Waals surface area contributed by atoms with Gasteiger partial charge in [0.1, 0.15) is 6.61 Å². The highest BCUT2D eigenvalue weighted by Crippen LogP contribution is 2.42. The predicted molar refractivity (Wildman–Crippen MR) is 166 cm³/mol. The maximum absolute atomic E-state index is 12.3. The van der Waals surface area contributed by atoms with Crippen LogP contribution in [0.25, 0.3) is 0 Å². The number of hydrogen-bond donors (Lipinski definition) is 1. The maximum atomic E-state index is 12.3. The average molecular weight is 605 g/mol. The molecular formula is C32H61O8P. The van der Waals surface area contributed by atoms with E-state index in [0.29, 0.717) is 12.8 Å². The van der Waals surface area contributed by atoms with Crippen LogP contribution in [-0.2, 0) is 32.7 Å². The Hall–Kier alpha value is -1.21. The van der Waals surface area contributed by atoms with E-state index >= 15 is 0 Å². The van der Waals surface area contributed by atoms with Crippen LogP contribution in [0, 0.1) is 0 Å². The molecule has 0 bridgehead atoms. The molecule has 2 unspecified atom stereocenters. The van der Waals surface area contributed by atoms with E-state index in [-0.39, 0.29) is 19.0 Å². The summed E-state index contributed by atoms with van der Waals surface area (Å²) in [5.41, 5.74) is 0. The second-order valence-corrected chi connectivity index (χ2v) is 12.5. The van der Waals surface area contributed by atoms with Gasteiger partial charge in [-0.15, -0.1) is 0 Å². The molecule has 0 aliphatic heterocycles. The summed E-state index contributed by atoms with van der Waals surface area (Å²) in [6.45, 7) is 3.81. The summed E-state index contributed by atoms with van der Waals surface area (Å²) >= 11 is 0. The molecule has 0 saturated carbocycles. The summed E-state index contributed by atoms with van der Waals surface area (Å²) in [6.07, 6.45) is 26.9. The fraction of sp³-hybridized carbons (Fsp3) is 0.875. The summed E-state index contributed by atoms with van der Waals surface area (Å²) in [7, 11) is -3.19. The van der Waals surface area contributed by atoms with Gasteiger partial charge in [0.25, 0.3) is 0 Å². The Morgan fingerprint density at radius 3 is 1.66 bits per heavy atom. The molecule has 0 fully saturated rings. The third-order valence-electron chi connectivity index (χ3n) is 7.01. The molecule has 0 spiro atoms. The van der Waals surface area contributed by atoms with Crippen LogP contribution < -0.4 is 0 Å². The van der Waals surface area contributed by atoms with Gasteiger partial charge < -0.3 is 14.4 Å². The zero-order valence-electron chi connectivity index (χ0n) is 26.5. The normalized spacial score (nSPS) is 13.8. The van der Waals surface area contributed by atoms with Crippen molar-refractivity contribution in [1.29, 1.82) is 0 Å². The zero-order valence-corrected chi connectivity index (χ0v) is 27.3. The molecule has 242 valence electrons. The summed E-state index contributed by atoms with van der Waals surface area (Å²) in [6, 6.07) is 0. The maximum Gasteiger partial charge on any atom is 0.472 e. The van der Waals surface area contributed by atoms with E-state index < -0.39 is 26.5 Å². The standard InChI is InChI=1S/C32H61O8P/c1-4-6-8-10-12-14-16-18-20-22-24-26-31(33)38-28-30(29-39-41(35,36)37-3)40-32(34)27-25-23-21-19-17-15-13-11-9-7-5-2/h11,13,30H,4-10,12,14-29H2,1-3H3,(H,35,36)/b13-11-. The van der Waals surface area contributed by atoms with Gasteiger partial charge in [0, 0.05) is 20.0 Å². The molecule has 0 aromatic rings. The van der Waals surface area contributed by atoms with Crippen molar-refractivity contribution in [3.05, 3.63) is 12.2 Å². The summed E-state index contributed by atoms with van der Waals surface area (Å²) < 4.78 is 31.7. The number of phosphoric ester groups is 1. The molecule has 0 saturated heterocycles. The predicted octanol–water partition coefficient (Wildman–Crippen LogP) is 9.38. The summed E-state index contributed by atoms with van der Waals surface area (Å²) in [5.74, 6) is -0.815. The molecule has 0 aliphatic carbocycles. The number of ether oxygens (including phenoxy) is 2. The van der Waals surface area contributed by atoms with Gasteiger partial charge in [-0.3, -0.25) is 18.6 Å². The van der Waals surface area contributed by atoms with E-state index in [1.807, 2.05) is 0 Å². The molecule has 9 heteroatoms. The zero-order chi connectivity index (χ0) is 30.4. The van der Waals surface area contributed by atoms with Crippen LogP contribution in [0.4, 0.5) is 0 Å². The van der Waals surface area contributed by atoms with Crippen molar-refractivity contribution in [1.82, 2.24) is 0 Å². The van der Waals surface area contributed by atoms with Gasteiger partial charge in [0.05, 0.1) is 6.61 Å². The Kier molecular flexibility index (Phi) is 28.0. The smallest absolute Gasteiger partial charge is 0.462 e. The minimum absolute atomic E-state index is 0.224. The lowest BCUT2D eigenvalue weighted by Gasteiger charge is -2.19. The minimum atomic E-state index is -4.24. The number of unbranched alkanes of at least 4 members (excludes halogenated alkanes) is 17. The first-order valence-electron chi connectivity index (χ1n) is 16.4. The molecule has 8 nitrogen and oxygen atoms in total. The highest BCUT2D eigenvalue weighted by Gasteiger charge is 2.24. The largest absolute Gasteiger partial charge is 0.472 e. The molecule has 0 aromatic heterocycles. The van der Waals surface area contributed by atoms with Crippen LogP contribution >= 0.6 is 7.82 Å². The van der Waals surface area contributed by atoms with Crippen LogP contribution in [0.15, 0.2) is 12.2 Å². The Morgan fingerprint density at radius 1 is 0.659 bits per heavy atom. The van der Waals surface area contributed by atoms with Gasteiger partial charge in [0.2, 0.25) is 0 Å². The van der Waals surface area contributed by atoms with E-state index in [1.54, 1.807) is 0 Å². The molecule has 0 rings (SSSR count). The molecule has 1 N–H and O–H groups in total. The van der Waals surface area contributed by atoms with Crippen molar-refractivity contribution < 1.29 is 37.6 Å². The number of esters is 2. The van der Waals surface area contributed by atoms with Gasteiger partial charge >= 0.3 is 19.8 Å². The fourth-order valence-corrected chi connectivity index (χ4v) is 4.86. The second-order valence-electron chi connectivity index (χ2n) is 10.9. The van der Waals surface area contributed by atoms with E-state index in [4.69, 9.17) is 14.0 Å². The highest BCUT2D eigenvalue weighted by atomic mass is 31.2. The molecule has 0 radical (unpaired) electrons. The van der Waals surface area contributed by atoms with Crippen LogP contribution in [0.3, 0.4) is 0 Å². The average Bonchev–Trinajstić information content (AvgIpc) is 2.96. The number of carbonyl (C=O) groups excluding carboxylic acids is 2. The Labute approximate surface area is 250 Å². The Bertz CT molecular complexity index is 697. The van der Waals surface area contributed by atoms with Crippen molar-refractivity contribution in [3.63, 3.8) is 0 Å². The van der Waals surface area contributed by atoms with Gasteiger partial charge in [-0.2, -0.15) is 0 Å². The van der Waals surface area contributed by atoms with E-state index in [0.717, 1.165) is 64.9 Å². The van der Waals surface area contributed by atoms with E-state index in [1.165, 1.54) is 64.2 Å². The van der Waals surface area contributed by atoms with Crippen molar-refractivity contribution in [2.75, 3.05) is 20.3 Å². The number of carbonyl (C=O) groups is 2. The van der Waals surface area contributed by atoms with Crippen molar-refractivity contribution in [3.8, 4) is 0 Å². The molecular weight excluding hydrogens is 543 g/mol. The van der Waals surface area contributed by atoms with Crippen LogP contribution in [0.1, 0.15) is 155 Å². The Morgan fingerprint density at radius 2 is 1.12 bits per heavy atom. The first-order valence-corrected chi connectivity index (χ1v) is 17.9. The van der Waals surface area contributed by atoms with Crippen LogP contribution in [0.5, 0.6) is 0 Å². The summed E-state index contributed by atoms with van der Waals surface area (Å²) in [4.78, 5) is 34.1. The van der Waals surface area contributed by atoms with Crippen LogP contribution in [-0.4, -0.2) is 43.3 Å². The van der Waals surface area contributed by atoms with E-state index in [2.05, 4.69) is 30.5 Å². The molecule has 41 heavy (non-hydrogen) atoms. The number of allylic oxidation sites excluding steroid dienone is 2. The molecule has 0 amide bonds. The van der Waals surface area contributed by atoms with Gasteiger partial charge in [-0.25, -0.2) is 4.57 Å². The molecule has 0 heterocycles. The Balaban J connectivity index is 4.14. The number of rotatable bonds is 30. The van der Waals surface area contributed by atoms with Crippen molar-refractivity contribution in [2.24, 2.45) is 0 Å². The van der Waals surface area contributed by atoms with E-state index in [9.17, 15) is 19.0 Å². The number of phosphoric acid groups is 1. The summed E-state index contributed by atoms with van der Waals surface area (Å²) in [5, 5.41) is 0. The monoisotopic (exact) mass is 604 g/mol. The number of hydrogen-bond acceptors (Lipinski definition) is 7. The molecule has 0 aliphatic rings. The SMILES string of the molecule is CCCC/C=C\CCCCCCCC(=O)OC(COC(=O)CCCCCCCCCCCCC)COP(=O)(O)OC. The van der Waals surface area contributed by atoms with Gasteiger partial charge in [-0.05, 0) is 32.1 Å². The first kappa shape index (κ1) is 39.8. The van der Waals surface area contributed by atoms with Crippen molar-refractivity contribution >= 4 is 19.8 Å².